The minimum Gasteiger partial charge on any atom is -0.493 e. The normalized spacial score (nSPS) is 29.7. The molecule has 0 aromatic heterocycles. The van der Waals surface area contributed by atoms with Crippen LogP contribution in [0.1, 0.15) is 44.9 Å². The van der Waals surface area contributed by atoms with E-state index in [1.165, 1.54) is 28.3 Å². The molecule has 0 spiro atoms. The van der Waals surface area contributed by atoms with E-state index in [4.69, 9.17) is 33.2 Å². The van der Waals surface area contributed by atoms with E-state index in [1.54, 1.807) is 19.9 Å². The molecule has 3 aliphatic rings. The lowest BCUT2D eigenvalue weighted by atomic mass is 9.73. The van der Waals surface area contributed by atoms with E-state index >= 15 is 0 Å². The molecule has 5 atom stereocenters. The number of fused-ring (bicyclic) bond motifs is 2. The zero-order valence-corrected chi connectivity index (χ0v) is 22.7. The Morgan fingerprint density at radius 1 is 0.895 bits per heavy atom. The molecule has 2 aromatic rings. The van der Waals surface area contributed by atoms with Gasteiger partial charge in [-0.25, -0.2) is 4.79 Å². The molecular formula is C28H34O10. The van der Waals surface area contributed by atoms with Gasteiger partial charge in [0.2, 0.25) is 18.3 Å². The first kappa shape index (κ1) is 26.2. The molecule has 0 amide bonds. The molecule has 1 aliphatic carbocycles. The van der Waals surface area contributed by atoms with Crippen LogP contribution in [-0.2, 0) is 16.0 Å². The Balaban J connectivity index is 1.98. The van der Waals surface area contributed by atoms with Crippen LogP contribution in [0.15, 0.2) is 12.1 Å². The van der Waals surface area contributed by atoms with Crippen LogP contribution in [0.4, 0.5) is 0 Å². The van der Waals surface area contributed by atoms with Gasteiger partial charge in [-0.05, 0) is 43.9 Å². The molecule has 2 N–H and O–H groups in total. The van der Waals surface area contributed by atoms with Gasteiger partial charge in [-0.2, -0.15) is 0 Å². The minimum absolute atomic E-state index is 0.00920. The summed E-state index contributed by atoms with van der Waals surface area (Å²) in [6, 6.07) is 3.54. The summed E-state index contributed by atoms with van der Waals surface area (Å²) in [6.45, 7) is 6.54. The highest BCUT2D eigenvalue weighted by atomic mass is 16.7. The van der Waals surface area contributed by atoms with Crippen molar-refractivity contribution in [3.63, 3.8) is 0 Å². The molecule has 0 unspecified atom stereocenters. The SMILES string of the molecule is COc1cc2c(c(OC)c1OC)-c1c3cc4c(c1OC[C@H](C)[C@](C)(O)C(=O)O[C@H]2[C@](C)(O)[C@H](C)C3)OCO4. The topological polar surface area (TPSA) is 122 Å². The summed E-state index contributed by atoms with van der Waals surface area (Å²) in [6.07, 6.45) is -0.830. The van der Waals surface area contributed by atoms with E-state index < -0.39 is 35.1 Å². The zero-order valence-electron chi connectivity index (χ0n) is 22.7. The van der Waals surface area contributed by atoms with Crippen molar-refractivity contribution < 1.29 is 48.2 Å². The van der Waals surface area contributed by atoms with E-state index in [9.17, 15) is 15.0 Å². The number of carbonyl (C=O) groups is 1. The Morgan fingerprint density at radius 2 is 1.61 bits per heavy atom. The van der Waals surface area contributed by atoms with Crippen LogP contribution >= 0.6 is 0 Å². The fraction of sp³-hybridized carbons (Fsp3) is 0.536. The summed E-state index contributed by atoms with van der Waals surface area (Å²) in [5.74, 6) is 0.241. The van der Waals surface area contributed by atoms with Crippen molar-refractivity contribution >= 4 is 5.97 Å². The number of hydrogen-bond acceptors (Lipinski definition) is 10. The molecule has 2 aromatic carbocycles. The Kier molecular flexibility index (Phi) is 6.30. The standard InChI is InChI=1S/C28H34O10/c1-13-8-15-9-18-22(37-12-36-18)24-19(15)20-16(10-17(32-5)21(33-6)23(20)34-7)25(27(13,3)30)38-26(29)28(4,31)14(2)11-35-24/h9-10,13-14,25,30-31H,8,11-12H2,1-7H3/t13-,14+,25-,27-,28+/m1/s1. The molecule has 206 valence electrons. The third-order valence-corrected chi connectivity index (χ3v) is 8.22. The van der Waals surface area contributed by atoms with E-state index in [1.807, 2.05) is 13.0 Å². The fourth-order valence-electron chi connectivity index (χ4n) is 5.37. The minimum atomic E-state index is -1.92. The molecule has 0 fully saturated rings. The van der Waals surface area contributed by atoms with E-state index in [-0.39, 0.29) is 13.4 Å². The smallest absolute Gasteiger partial charge is 0.338 e. The summed E-state index contributed by atoms with van der Waals surface area (Å²) in [7, 11) is 4.47. The highest BCUT2D eigenvalue weighted by Crippen LogP contribution is 2.59. The maximum atomic E-state index is 13.5. The van der Waals surface area contributed by atoms with Crippen molar-refractivity contribution in [2.45, 2.75) is 51.4 Å². The summed E-state index contributed by atoms with van der Waals surface area (Å²) in [4.78, 5) is 13.5. The molecule has 5 rings (SSSR count). The first-order chi connectivity index (χ1) is 18.0. The highest BCUT2D eigenvalue weighted by Gasteiger charge is 2.50. The van der Waals surface area contributed by atoms with Crippen LogP contribution in [0.5, 0.6) is 34.5 Å². The molecule has 10 nitrogen and oxygen atoms in total. The van der Waals surface area contributed by atoms with Crippen LogP contribution < -0.4 is 28.4 Å². The summed E-state index contributed by atoms with van der Waals surface area (Å²) in [5.41, 5.74) is -1.15. The van der Waals surface area contributed by atoms with Gasteiger partial charge in [0, 0.05) is 22.6 Å². The number of esters is 1. The lowest BCUT2D eigenvalue weighted by Gasteiger charge is -2.41. The average Bonchev–Trinajstić information content (AvgIpc) is 3.35. The van der Waals surface area contributed by atoms with Crippen LogP contribution in [0.2, 0.25) is 0 Å². The number of methoxy groups -OCH3 is 3. The zero-order chi connectivity index (χ0) is 27.6. The van der Waals surface area contributed by atoms with E-state index in [0.29, 0.717) is 57.6 Å². The maximum absolute atomic E-state index is 13.5. The van der Waals surface area contributed by atoms with Gasteiger partial charge in [0.25, 0.3) is 0 Å². The molecule has 2 bridgehead atoms. The number of benzene rings is 2. The van der Waals surface area contributed by atoms with E-state index in [0.717, 1.165) is 5.56 Å². The lowest BCUT2D eigenvalue weighted by molar-refractivity contribution is -0.194. The molecule has 0 saturated carbocycles. The summed E-state index contributed by atoms with van der Waals surface area (Å²) < 4.78 is 41.2. The third-order valence-electron chi connectivity index (χ3n) is 8.22. The quantitative estimate of drug-likeness (QED) is 0.571. The van der Waals surface area contributed by atoms with Crippen LogP contribution in [0.25, 0.3) is 11.1 Å². The van der Waals surface area contributed by atoms with Gasteiger partial charge in [0.05, 0.1) is 27.9 Å². The molecule has 38 heavy (non-hydrogen) atoms. The summed E-state index contributed by atoms with van der Waals surface area (Å²) >= 11 is 0. The Bertz CT molecular complexity index is 1280. The second kappa shape index (κ2) is 9.13. The van der Waals surface area contributed by atoms with Crippen molar-refractivity contribution in [1.82, 2.24) is 0 Å². The first-order valence-corrected chi connectivity index (χ1v) is 12.5. The average molecular weight is 531 g/mol. The van der Waals surface area contributed by atoms with Crippen molar-refractivity contribution in [3.05, 3.63) is 23.3 Å². The van der Waals surface area contributed by atoms with Gasteiger partial charge < -0.3 is 43.4 Å². The lowest BCUT2D eigenvalue weighted by Crippen LogP contribution is -2.49. The number of rotatable bonds is 3. The van der Waals surface area contributed by atoms with Crippen LogP contribution in [0.3, 0.4) is 0 Å². The van der Waals surface area contributed by atoms with E-state index in [2.05, 4.69) is 0 Å². The first-order valence-electron chi connectivity index (χ1n) is 12.5. The second-order valence-corrected chi connectivity index (χ2v) is 10.6. The van der Waals surface area contributed by atoms with Crippen molar-refractivity contribution in [2.75, 3.05) is 34.7 Å². The van der Waals surface area contributed by atoms with Gasteiger partial charge in [-0.15, -0.1) is 0 Å². The molecule has 0 radical (unpaired) electrons. The Morgan fingerprint density at radius 3 is 2.26 bits per heavy atom. The van der Waals surface area contributed by atoms with Gasteiger partial charge in [-0.3, -0.25) is 0 Å². The predicted octanol–water partition coefficient (Wildman–Crippen LogP) is 3.42. The summed E-state index contributed by atoms with van der Waals surface area (Å²) in [5, 5.41) is 23.3. The Labute approximate surface area is 221 Å². The number of hydrogen-bond donors (Lipinski definition) is 2. The Hall–Kier alpha value is -3.37. The van der Waals surface area contributed by atoms with Gasteiger partial charge in [-0.1, -0.05) is 13.8 Å². The number of aliphatic hydroxyl groups is 2. The fourth-order valence-corrected chi connectivity index (χ4v) is 5.37. The largest absolute Gasteiger partial charge is 0.493 e. The molecule has 10 heteroatoms. The van der Waals surface area contributed by atoms with Gasteiger partial charge in [0.1, 0.15) is 5.60 Å². The van der Waals surface area contributed by atoms with Crippen LogP contribution in [0, 0.1) is 11.8 Å². The number of carbonyl (C=O) groups excluding carboxylic acids is 1. The predicted molar refractivity (Wildman–Crippen MR) is 135 cm³/mol. The third kappa shape index (κ3) is 3.72. The second-order valence-electron chi connectivity index (χ2n) is 10.6. The highest BCUT2D eigenvalue weighted by molar-refractivity contribution is 5.89. The van der Waals surface area contributed by atoms with Crippen molar-refractivity contribution in [2.24, 2.45) is 11.8 Å². The van der Waals surface area contributed by atoms with Crippen LogP contribution in [-0.4, -0.2) is 62.1 Å². The van der Waals surface area contributed by atoms with Crippen molar-refractivity contribution in [1.29, 1.82) is 0 Å². The van der Waals surface area contributed by atoms with Gasteiger partial charge in [0.15, 0.2) is 34.7 Å². The maximum Gasteiger partial charge on any atom is 0.338 e. The monoisotopic (exact) mass is 530 g/mol. The van der Waals surface area contributed by atoms with Gasteiger partial charge >= 0.3 is 5.97 Å². The number of ether oxygens (including phenoxy) is 7. The molecule has 2 heterocycles. The molecule has 0 saturated heterocycles. The van der Waals surface area contributed by atoms with Crippen molar-refractivity contribution in [3.8, 4) is 45.6 Å². The molecule has 2 aliphatic heterocycles. The molecular weight excluding hydrogens is 496 g/mol.